The molecule has 5 heteroatoms. The molecular formula is C7H12F3NO. The number of hydrogen-bond acceptors (Lipinski definition) is 2. The van der Waals surface area contributed by atoms with E-state index in [1.807, 2.05) is 0 Å². The zero-order valence-electron chi connectivity index (χ0n) is 6.60. The molecule has 1 aliphatic heterocycles. The monoisotopic (exact) mass is 183 g/mol. The molecule has 0 saturated carbocycles. The molecule has 0 aromatic rings. The Kier molecular flexibility index (Phi) is 2.95. The van der Waals surface area contributed by atoms with Crippen molar-refractivity contribution in [3.8, 4) is 0 Å². The van der Waals surface area contributed by atoms with Crippen LogP contribution >= 0.6 is 0 Å². The van der Waals surface area contributed by atoms with Crippen LogP contribution in [-0.4, -0.2) is 25.4 Å². The highest BCUT2D eigenvalue weighted by Crippen LogP contribution is 2.29. The molecule has 1 unspecified atom stereocenters. The number of alkyl halides is 3. The van der Waals surface area contributed by atoms with Gasteiger partial charge in [0.05, 0.1) is 0 Å². The van der Waals surface area contributed by atoms with E-state index in [2.05, 4.69) is 0 Å². The molecule has 0 aliphatic carbocycles. The van der Waals surface area contributed by atoms with Crippen LogP contribution in [0.5, 0.6) is 0 Å². The van der Waals surface area contributed by atoms with Gasteiger partial charge in [0.1, 0.15) is 6.04 Å². The van der Waals surface area contributed by atoms with E-state index >= 15 is 0 Å². The Morgan fingerprint density at radius 1 is 1.25 bits per heavy atom. The van der Waals surface area contributed by atoms with Gasteiger partial charge in [-0.05, 0) is 18.8 Å². The summed E-state index contributed by atoms with van der Waals surface area (Å²) in [5, 5.41) is 0. The van der Waals surface area contributed by atoms with Crippen LogP contribution < -0.4 is 5.73 Å². The van der Waals surface area contributed by atoms with Crippen LogP contribution in [0.3, 0.4) is 0 Å². The van der Waals surface area contributed by atoms with Crippen molar-refractivity contribution >= 4 is 0 Å². The van der Waals surface area contributed by atoms with E-state index in [0.717, 1.165) is 0 Å². The number of halogens is 3. The molecule has 1 aliphatic rings. The first-order valence-electron chi connectivity index (χ1n) is 3.92. The summed E-state index contributed by atoms with van der Waals surface area (Å²) in [4.78, 5) is 0. The minimum absolute atomic E-state index is 0.397. The van der Waals surface area contributed by atoms with Gasteiger partial charge in [-0.15, -0.1) is 0 Å². The fourth-order valence-electron chi connectivity index (χ4n) is 1.34. The summed E-state index contributed by atoms with van der Waals surface area (Å²) in [5.41, 5.74) is 5.04. The van der Waals surface area contributed by atoms with Crippen LogP contribution in [0, 0.1) is 5.92 Å². The van der Waals surface area contributed by atoms with Crippen molar-refractivity contribution in [3.05, 3.63) is 0 Å². The van der Waals surface area contributed by atoms with E-state index in [1.165, 1.54) is 0 Å². The predicted octanol–water partition coefficient (Wildman–Crippen LogP) is 1.30. The Labute approximate surface area is 68.9 Å². The van der Waals surface area contributed by atoms with Crippen molar-refractivity contribution in [1.29, 1.82) is 0 Å². The van der Waals surface area contributed by atoms with E-state index in [9.17, 15) is 13.2 Å². The largest absolute Gasteiger partial charge is 0.403 e. The van der Waals surface area contributed by atoms with Crippen molar-refractivity contribution in [2.75, 3.05) is 13.2 Å². The van der Waals surface area contributed by atoms with Crippen LogP contribution in [0.15, 0.2) is 0 Å². The lowest BCUT2D eigenvalue weighted by molar-refractivity contribution is -0.165. The highest BCUT2D eigenvalue weighted by atomic mass is 19.4. The average Bonchev–Trinajstić information content (AvgIpc) is 2.03. The van der Waals surface area contributed by atoms with Gasteiger partial charge in [0.25, 0.3) is 0 Å². The molecule has 1 heterocycles. The molecule has 1 saturated heterocycles. The smallest absolute Gasteiger partial charge is 0.381 e. The molecule has 2 nitrogen and oxygen atoms in total. The first-order valence-corrected chi connectivity index (χ1v) is 3.92. The van der Waals surface area contributed by atoms with Gasteiger partial charge in [-0.2, -0.15) is 13.2 Å². The SMILES string of the molecule is NC(C1CCOCC1)C(F)(F)F. The molecule has 0 aromatic carbocycles. The minimum atomic E-state index is -4.26. The van der Waals surface area contributed by atoms with Gasteiger partial charge in [0, 0.05) is 13.2 Å². The lowest BCUT2D eigenvalue weighted by Gasteiger charge is -2.28. The summed E-state index contributed by atoms with van der Waals surface area (Å²) in [5.74, 6) is -0.459. The fraction of sp³-hybridized carbons (Fsp3) is 1.00. The van der Waals surface area contributed by atoms with Gasteiger partial charge >= 0.3 is 6.18 Å². The zero-order valence-corrected chi connectivity index (χ0v) is 6.60. The molecule has 0 bridgehead atoms. The van der Waals surface area contributed by atoms with E-state index in [0.29, 0.717) is 26.1 Å². The second kappa shape index (κ2) is 3.62. The number of rotatable bonds is 1. The predicted molar refractivity (Wildman–Crippen MR) is 37.6 cm³/mol. The van der Waals surface area contributed by atoms with Crippen molar-refractivity contribution in [1.82, 2.24) is 0 Å². The maximum atomic E-state index is 12.1. The second-order valence-corrected chi connectivity index (χ2v) is 3.02. The molecule has 1 rings (SSSR count). The molecule has 1 atom stereocenters. The zero-order chi connectivity index (χ0) is 9.19. The summed E-state index contributed by atoms with van der Waals surface area (Å²) >= 11 is 0. The van der Waals surface area contributed by atoms with E-state index in [-0.39, 0.29) is 0 Å². The van der Waals surface area contributed by atoms with E-state index in [1.54, 1.807) is 0 Å². The number of hydrogen-bond donors (Lipinski definition) is 1. The van der Waals surface area contributed by atoms with Crippen molar-refractivity contribution in [3.63, 3.8) is 0 Å². The molecule has 0 aromatic heterocycles. The standard InChI is InChI=1S/C7H12F3NO/c8-7(9,10)6(11)5-1-3-12-4-2-5/h5-6H,1-4,11H2. The number of nitrogens with two attached hydrogens (primary N) is 1. The summed E-state index contributed by atoms with van der Waals surface area (Å²) in [7, 11) is 0. The fourth-order valence-corrected chi connectivity index (χ4v) is 1.34. The molecule has 72 valence electrons. The third kappa shape index (κ3) is 2.35. The van der Waals surface area contributed by atoms with Crippen molar-refractivity contribution in [2.24, 2.45) is 11.7 Å². The topological polar surface area (TPSA) is 35.2 Å². The molecule has 0 amide bonds. The summed E-state index contributed by atoms with van der Waals surface area (Å²) in [6.07, 6.45) is -3.43. The van der Waals surface area contributed by atoms with Crippen LogP contribution in [0.4, 0.5) is 13.2 Å². The molecule has 0 radical (unpaired) electrons. The van der Waals surface area contributed by atoms with Gasteiger partial charge in [-0.1, -0.05) is 0 Å². The van der Waals surface area contributed by atoms with Crippen LogP contribution in [-0.2, 0) is 4.74 Å². The normalized spacial score (nSPS) is 24.0. The highest BCUT2D eigenvalue weighted by molar-refractivity contribution is 4.80. The number of ether oxygens (including phenoxy) is 1. The van der Waals surface area contributed by atoms with E-state index in [4.69, 9.17) is 10.5 Å². The maximum Gasteiger partial charge on any atom is 0.403 e. The first kappa shape index (κ1) is 9.80. The molecule has 0 spiro atoms. The van der Waals surface area contributed by atoms with Crippen molar-refractivity contribution < 1.29 is 17.9 Å². The Balaban J connectivity index is 2.45. The van der Waals surface area contributed by atoms with Gasteiger partial charge in [-0.25, -0.2) is 0 Å². The van der Waals surface area contributed by atoms with Gasteiger partial charge in [-0.3, -0.25) is 0 Å². The Bertz CT molecular complexity index is 142. The summed E-state index contributed by atoms with van der Waals surface area (Å²) in [6, 6.07) is -1.68. The quantitative estimate of drug-likeness (QED) is 0.665. The molecule has 1 fully saturated rings. The van der Waals surface area contributed by atoms with Crippen LogP contribution in [0.2, 0.25) is 0 Å². The summed E-state index contributed by atoms with van der Waals surface area (Å²) < 4.78 is 41.1. The molecule has 2 N–H and O–H groups in total. The lowest BCUT2D eigenvalue weighted by atomic mass is 9.92. The minimum Gasteiger partial charge on any atom is -0.381 e. The van der Waals surface area contributed by atoms with E-state index < -0.39 is 18.1 Å². The first-order chi connectivity index (χ1) is 5.52. The third-order valence-electron chi connectivity index (χ3n) is 2.15. The Hall–Kier alpha value is -0.290. The second-order valence-electron chi connectivity index (χ2n) is 3.02. The lowest BCUT2D eigenvalue weighted by Crippen LogP contribution is -2.45. The Morgan fingerprint density at radius 3 is 2.17 bits per heavy atom. The van der Waals surface area contributed by atoms with Crippen LogP contribution in [0.25, 0.3) is 0 Å². The highest BCUT2D eigenvalue weighted by Gasteiger charge is 2.42. The molecular weight excluding hydrogens is 171 g/mol. The van der Waals surface area contributed by atoms with Gasteiger partial charge < -0.3 is 10.5 Å². The van der Waals surface area contributed by atoms with Gasteiger partial charge in [0.2, 0.25) is 0 Å². The Morgan fingerprint density at radius 2 is 1.75 bits per heavy atom. The average molecular weight is 183 g/mol. The maximum absolute atomic E-state index is 12.1. The summed E-state index contributed by atoms with van der Waals surface area (Å²) in [6.45, 7) is 0.795. The van der Waals surface area contributed by atoms with Crippen molar-refractivity contribution in [2.45, 2.75) is 25.1 Å². The molecule has 12 heavy (non-hydrogen) atoms. The van der Waals surface area contributed by atoms with Crippen LogP contribution in [0.1, 0.15) is 12.8 Å². The third-order valence-corrected chi connectivity index (χ3v) is 2.15. The van der Waals surface area contributed by atoms with Gasteiger partial charge in [0.15, 0.2) is 0 Å².